The molecule has 0 aromatic rings. The summed E-state index contributed by atoms with van der Waals surface area (Å²) < 4.78 is 0. The van der Waals surface area contributed by atoms with Gasteiger partial charge < -0.3 is 0 Å². The van der Waals surface area contributed by atoms with Crippen LogP contribution in [0.4, 0.5) is 0 Å². The Morgan fingerprint density at radius 3 is 2.77 bits per heavy atom. The van der Waals surface area contributed by atoms with Crippen molar-refractivity contribution in [2.24, 2.45) is 0 Å². The Bertz CT molecular complexity index is 160. The van der Waals surface area contributed by atoms with Crippen LogP contribution in [0.3, 0.4) is 0 Å². The van der Waals surface area contributed by atoms with E-state index in [0.29, 0.717) is 6.04 Å². The molecule has 2 saturated heterocycles. The Morgan fingerprint density at radius 1 is 1.23 bits per heavy atom. The van der Waals surface area contributed by atoms with Crippen LogP contribution in [0.25, 0.3) is 0 Å². The molecule has 13 heavy (non-hydrogen) atoms. The maximum Gasteiger partial charge on any atom is 0.0387 e. The number of nitrogens with zero attached hydrogens (tertiary/aromatic N) is 1. The summed E-state index contributed by atoms with van der Waals surface area (Å²) >= 11 is 10.1. The molecule has 2 heterocycles. The van der Waals surface area contributed by atoms with Crippen molar-refractivity contribution in [3.8, 4) is 0 Å². The Labute approximate surface area is 94.0 Å². The second kappa shape index (κ2) is 5.15. The fraction of sp³-hybridized carbons (Fsp3) is 1.00. The first-order chi connectivity index (χ1) is 6.42. The lowest BCUT2D eigenvalue weighted by Crippen LogP contribution is -2.49. The molecule has 2 rings (SSSR count). The lowest BCUT2D eigenvalue weighted by Gasteiger charge is -2.38. The van der Waals surface area contributed by atoms with Crippen molar-refractivity contribution in [2.75, 3.05) is 35.4 Å². The number of hydrogen-bond donors (Lipinski definition) is 0. The summed E-state index contributed by atoms with van der Waals surface area (Å²) in [5.74, 6) is 6.04. The van der Waals surface area contributed by atoms with Gasteiger partial charge in [-0.15, -0.1) is 11.6 Å². The van der Waals surface area contributed by atoms with Gasteiger partial charge in [-0.3, -0.25) is 4.90 Å². The zero-order valence-electron chi connectivity index (χ0n) is 7.75. The third-order valence-electron chi connectivity index (χ3n) is 2.83. The van der Waals surface area contributed by atoms with E-state index >= 15 is 0 Å². The first-order valence-corrected chi connectivity index (χ1v) is 7.73. The minimum atomic E-state index is 0.643. The molecule has 0 spiro atoms. The first-order valence-electron chi connectivity index (χ1n) is 4.89. The molecule has 0 aromatic carbocycles. The lowest BCUT2D eigenvalue weighted by atomic mass is 10.2. The van der Waals surface area contributed by atoms with Crippen LogP contribution in [-0.4, -0.2) is 52.4 Å². The number of alkyl halides is 1. The molecule has 4 heteroatoms. The average Bonchev–Trinajstić information content (AvgIpc) is 2.70. The van der Waals surface area contributed by atoms with Gasteiger partial charge in [0.05, 0.1) is 0 Å². The molecule has 2 unspecified atom stereocenters. The van der Waals surface area contributed by atoms with Crippen LogP contribution in [0, 0.1) is 0 Å². The van der Waals surface area contributed by atoms with Gasteiger partial charge in [-0.2, -0.15) is 23.5 Å². The maximum atomic E-state index is 5.99. The summed E-state index contributed by atoms with van der Waals surface area (Å²) in [4.78, 5) is 2.66. The van der Waals surface area contributed by atoms with E-state index in [-0.39, 0.29) is 0 Å². The number of halogens is 1. The summed E-state index contributed by atoms with van der Waals surface area (Å²) in [5, 5.41) is 0. The van der Waals surface area contributed by atoms with E-state index in [0.717, 1.165) is 11.9 Å². The normalized spacial score (nSPS) is 36.7. The highest BCUT2D eigenvalue weighted by atomic mass is 35.5. The Balaban J connectivity index is 1.93. The number of rotatable bonds is 2. The Kier molecular flexibility index (Phi) is 4.15. The molecule has 2 atom stereocenters. The van der Waals surface area contributed by atoms with Gasteiger partial charge in [-0.25, -0.2) is 0 Å². The van der Waals surface area contributed by atoms with Crippen molar-refractivity contribution in [1.82, 2.24) is 4.90 Å². The van der Waals surface area contributed by atoms with E-state index in [1.807, 2.05) is 0 Å². The zero-order chi connectivity index (χ0) is 9.10. The predicted molar refractivity (Wildman–Crippen MR) is 64.3 cm³/mol. The summed E-state index contributed by atoms with van der Waals surface area (Å²) in [7, 11) is 0. The van der Waals surface area contributed by atoms with E-state index < -0.39 is 0 Å². The van der Waals surface area contributed by atoms with Gasteiger partial charge in [0.1, 0.15) is 0 Å². The van der Waals surface area contributed by atoms with Crippen molar-refractivity contribution in [3.05, 3.63) is 0 Å². The molecule has 0 N–H and O–H groups in total. The second-order valence-electron chi connectivity index (χ2n) is 3.64. The van der Waals surface area contributed by atoms with Gasteiger partial charge in [0, 0.05) is 41.8 Å². The topological polar surface area (TPSA) is 3.24 Å². The van der Waals surface area contributed by atoms with Crippen molar-refractivity contribution in [3.63, 3.8) is 0 Å². The molecule has 0 aromatic heterocycles. The summed E-state index contributed by atoms with van der Waals surface area (Å²) in [6.45, 7) is 1.26. The standard InChI is InChI=1S/C9H16ClNS2/c10-5-9-7-13-4-2-11(9)8-1-3-12-6-8/h8-9H,1-7H2. The van der Waals surface area contributed by atoms with Crippen LogP contribution in [0.1, 0.15) is 6.42 Å². The van der Waals surface area contributed by atoms with E-state index in [1.54, 1.807) is 0 Å². The molecular weight excluding hydrogens is 222 g/mol. The molecule has 1 nitrogen and oxygen atoms in total. The van der Waals surface area contributed by atoms with Crippen LogP contribution >= 0.6 is 35.1 Å². The van der Waals surface area contributed by atoms with Crippen LogP contribution in [0.5, 0.6) is 0 Å². The number of hydrogen-bond acceptors (Lipinski definition) is 3. The minimum absolute atomic E-state index is 0.643. The molecule has 2 aliphatic rings. The van der Waals surface area contributed by atoms with E-state index in [2.05, 4.69) is 28.4 Å². The summed E-state index contributed by atoms with van der Waals surface area (Å²) in [5.41, 5.74) is 0. The van der Waals surface area contributed by atoms with Gasteiger partial charge in [0.15, 0.2) is 0 Å². The van der Waals surface area contributed by atoms with Crippen molar-refractivity contribution in [1.29, 1.82) is 0 Å². The van der Waals surface area contributed by atoms with Crippen molar-refractivity contribution in [2.45, 2.75) is 18.5 Å². The van der Waals surface area contributed by atoms with E-state index in [9.17, 15) is 0 Å². The van der Waals surface area contributed by atoms with Crippen LogP contribution in [0.2, 0.25) is 0 Å². The summed E-state index contributed by atoms with van der Waals surface area (Å²) in [6, 6.07) is 1.47. The monoisotopic (exact) mass is 237 g/mol. The van der Waals surface area contributed by atoms with Crippen molar-refractivity contribution < 1.29 is 0 Å². The number of thioether (sulfide) groups is 2. The third kappa shape index (κ3) is 2.49. The maximum absolute atomic E-state index is 5.99. The Hall–Kier alpha value is 0.950. The smallest absolute Gasteiger partial charge is 0.0387 e. The second-order valence-corrected chi connectivity index (χ2v) is 6.25. The lowest BCUT2D eigenvalue weighted by molar-refractivity contribution is 0.178. The van der Waals surface area contributed by atoms with Gasteiger partial charge in [-0.1, -0.05) is 0 Å². The van der Waals surface area contributed by atoms with E-state index in [1.165, 1.54) is 36.0 Å². The fourth-order valence-electron chi connectivity index (χ4n) is 2.07. The molecule has 2 aliphatic heterocycles. The SMILES string of the molecule is ClCC1CSCCN1C1CCSC1. The van der Waals surface area contributed by atoms with Gasteiger partial charge in [0.25, 0.3) is 0 Å². The molecule has 0 amide bonds. The highest BCUT2D eigenvalue weighted by molar-refractivity contribution is 7.99. The third-order valence-corrected chi connectivity index (χ3v) is 5.42. The van der Waals surface area contributed by atoms with Gasteiger partial charge in [-0.05, 0) is 12.2 Å². The van der Waals surface area contributed by atoms with Crippen LogP contribution in [-0.2, 0) is 0 Å². The largest absolute Gasteiger partial charge is 0.294 e. The van der Waals surface area contributed by atoms with Gasteiger partial charge in [0.2, 0.25) is 0 Å². The Morgan fingerprint density at radius 2 is 2.08 bits per heavy atom. The van der Waals surface area contributed by atoms with Gasteiger partial charge >= 0.3 is 0 Å². The molecule has 76 valence electrons. The predicted octanol–water partition coefficient (Wildman–Crippen LogP) is 2.15. The molecule has 0 aliphatic carbocycles. The van der Waals surface area contributed by atoms with Crippen molar-refractivity contribution >= 4 is 35.1 Å². The van der Waals surface area contributed by atoms with E-state index in [4.69, 9.17) is 11.6 Å². The fourth-order valence-corrected chi connectivity index (χ4v) is 4.80. The van der Waals surface area contributed by atoms with Crippen LogP contribution < -0.4 is 0 Å². The van der Waals surface area contributed by atoms with Crippen LogP contribution in [0.15, 0.2) is 0 Å². The molecule has 2 fully saturated rings. The molecule has 0 radical (unpaired) electrons. The minimum Gasteiger partial charge on any atom is -0.294 e. The molecule has 0 saturated carbocycles. The highest BCUT2D eigenvalue weighted by Gasteiger charge is 2.30. The molecular formula is C9H16ClNS2. The summed E-state index contributed by atoms with van der Waals surface area (Å²) in [6.07, 6.45) is 1.38. The molecule has 0 bridgehead atoms. The average molecular weight is 238 g/mol. The zero-order valence-corrected chi connectivity index (χ0v) is 10.1. The first kappa shape index (κ1) is 10.5. The highest BCUT2D eigenvalue weighted by Crippen LogP contribution is 2.28. The quantitative estimate of drug-likeness (QED) is 0.678.